The number of carbonyl (C=O) groups is 1. The van der Waals surface area contributed by atoms with Crippen LogP contribution in [0.2, 0.25) is 0 Å². The minimum absolute atomic E-state index is 0.152. The van der Waals surface area contributed by atoms with E-state index in [-0.39, 0.29) is 17.3 Å². The van der Waals surface area contributed by atoms with E-state index in [1.165, 1.54) is 22.8 Å². The van der Waals surface area contributed by atoms with Crippen molar-refractivity contribution in [1.82, 2.24) is 14.9 Å². The number of carbonyl (C=O) groups excluding carboxylic acids is 1. The van der Waals surface area contributed by atoms with Crippen molar-refractivity contribution in [1.29, 1.82) is 0 Å². The third-order valence-electron chi connectivity index (χ3n) is 5.02. The van der Waals surface area contributed by atoms with Gasteiger partial charge in [-0.05, 0) is 35.5 Å². The van der Waals surface area contributed by atoms with Gasteiger partial charge in [0.1, 0.15) is 6.20 Å². The van der Waals surface area contributed by atoms with Gasteiger partial charge < -0.3 is 15.4 Å². The SMILES string of the molecule is Cc1ncc([N+](=O)[O-])n1CC(=O)N[C@H](/C=C/S(=O)(=O)c1ccccc1)CCc1ccccc1. The van der Waals surface area contributed by atoms with Gasteiger partial charge in [-0.2, -0.15) is 0 Å². The number of imidazole rings is 1. The first kappa shape index (κ1) is 23.9. The summed E-state index contributed by atoms with van der Waals surface area (Å²) in [4.78, 5) is 27.3. The van der Waals surface area contributed by atoms with Gasteiger partial charge in [-0.1, -0.05) is 54.6 Å². The number of hydrogen-bond acceptors (Lipinski definition) is 6. The average molecular weight is 469 g/mol. The highest BCUT2D eigenvalue weighted by Crippen LogP contribution is 2.15. The lowest BCUT2D eigenvalue weighted by atomic mass is 10.1. The summed E-state index contributed by atoms with van der Waals surface area (Å²) < 4.78 is 26.5. The topological polar surface area (TPSA) is 124 Å². The van der Waals surface area contributed by atoms with Crippen molar-refractivity contribution in [3.63, 3.8) is 0 Å². The van der Waals surface area contributed by atoms with Crippen LogP contribution in [0.4, 0.5) is 5.82 Å². The van der Waals surface area contributed by atoms with Crippen LogP contribution < -0.4 is 5.32 Å². The largest absolute Gasteiger partial charge is 0.358 e. The van der Waals surface area contributed by atoms with Crippen molar-refractivity contribution in [2.45, 2.75) is 37.2 Å². The van der Waals surface area contributed by atoms with Gasteiger partial charge in [0.15, 0.2) is 22.2 Å². The van der Waals surface area contributed by atoms with E-state index in [1.54, 1.807) is 25.1 Å². The Balaban J connectivity index is 1.77. The van der Waals surface area contributed by atoms with Crippen molar-refractivity contribution in [3.05, 3.63) is 99.8 Å². The van der Waals surface area contributed by atoms with Crippen LogP contribution >= 0.6 is 0 Å². The lowest BCUT2D eigenvalue weighted by molar-refractivity contribution is -0.392. The highest BCUT2D eigenvalue weighted by atomic mass is 32.2. The maximum atomic E-state index is 12.7. The number of nitrogens with zero attached hydrogens (tertiary/aromatic N) is 3. The van der Waals surface area contributed by atoms with E-state index in [2.05, 4.69) is 10.3 Å². The molecule has 0 spiro atoms. The first-order valence-electron chi connectivity index (χ1n) is 10.2. The van der Waals surface area contributed by atoms with E-state index in [0.717, 1.165) is 17.2 Å². The first-order chi connectivity index (χ1) is 15.8. The Morgan fingerprint density at radius 2 is 1.79 bits per heavy atom. The summed E-state index contributed by atoms with van der Waals surface area (Å²) >= 11 is 0. The smallest absolute Gasteiger partial charge is 0.343 e. The first-order valence-corrected chi connectivity index (χ1v) is 11.8. The van der Waals surface area contributed by atoms with Crippen molar-refractivity contribution < 1.29 is 18.1 Å². The number of aryl methyl sites for hydroxylation is 2. The van der Waals surface area contributed by atoms with Crippen LogP contribution in [0.15, 0.2) is 83.2 Å². The Hall–Kier alpha value is -3.79. The number of rotatable bonds is 10. The molecule has 3 rings (SSSR count). The summed E-state index contributed by atoms with van der Waals surface area (Å²) in [7, 11) is -3.69. The highest BCUT2D eigenvalue weighted by Gasteiger charge is 2.21. The molecule has 0 aliphatic heterocycles. The molecule has 0 saturated heterocycles. The van der Waals surface area contributed by atoms with Crippen LogP contribution in [-0.4, -0.2) is 34.8 Å². The predicted molar refractivity (Wildman–Crippen MR) is 123 cm³/mol. The van der Waals surface area contributed by atoms with Crippen LogP contribution in [-0.2, 0) is 27.6 Å². The predicted octanol–water partition coefficient (Wildman–Crippen LogP) is 3.20. The summed E-state index contributed by atoms with van der Waals surface area (Å²) in [6, 6.07) is 17.0. The molecular weight excluding hydrogens is 444 g/mol. The fraction of sp³-hybridized carbons (Fsp3) is 0.217. The second kappa shape index (κ2) is 10.7. The van der Waals surface area contributed by atoms with Gasteiger partial charge in [0.25, 0.3) is 5.91 Å². The number of hydrogen-bond donors (Lipinski definition) is 1. The summed E-state index contributed by atoms with van der Waals surface area (Å²) in [5.74, 6) is -0.440. The van der Waals surface area contributed by atoms with Gasteiger partial charge >= 0.3 is 5.82 Å². The molecule has 0 radical (unpaired) electrons. The molecule has 0 saturated carbocycles. The van der Waals surface area contributed by atoms with Gasteiger partial charge in [-0.25, -0.2) is 18.0 Å². The Morgan fingerprint density at radius 1 is 1.15 bits per heavy atom. The summed E-state index contributed by atoms with van der Waals surface area (Å²) in [5.41, 5.74) is 1.04. The molecule has 1 N–H and O–H groups in total. The summed E-state index contributed by atoms with van der Waals surface area (Å²) in [6.07, 6.45) is 3.59. The number of benzene rings is 2. The fourth-order valence-electron chi connectivity index (χ4n) is 3.26. The minimum Gasteiger partial charge on any atom is -0.358 e. The van der Waals surface area contributed by atoms with Gasteiger partial charge in [0.2, 0.25) is 0 Å². The third-order valence-corrected chi connectivity index (χ3v) is 6.46. The number of nitrogens with one attached hydrogen (secondary N) is 1. The number of nitro groups is 1. The lowest BCUT2D eigenvalue weighted by Crippen LogP contribution is -2.36. The standard InChI is InChI=1S/C23H24N4O5S/c1-18-24-16-23(27(29)30)26(18)17-22(28)25-20(13-12-19-8-4-2-5-9-19)14-15-33(31,32)21-10-6-3-7-11-21/h2-11,14-16,20H,12-13,17H2,1H3,(H,25,28)/b15-14+/t20-/m0/s1. The molecule has 172 valence electrons. The second-order valence-corrected chi connectivity index (χ2v) is 9.23. The van der Waals surface area contributed by atoms with Gasteiger partial charge in [0, 0.05) is 18.4 Å². The van der Waals surface area contributed by atoms with Crippen molar-refractivity contribution in [3.8, 4) is 0 Å². The van der Waals surface area contributed by atoms with Crippen molar-refractivity contribution in [2.75, 3.05) is 0 Å². The Kier molecular flexibility index (Phi) is 7.73. The third kappa shape index (κ3) is 6.59. The quantitative estimate of drug-likeness (QED) is 0.360. The molecule has 1 heterocycles. The molecule has 0 unspecified atom stereocenters. The fourth-order valence-corrected chi connectivity index (χ4v) is 4.35. The molecule has 0 fully saturated rings. The molecule has 0 bridgehead atoms. The molecule has 1 atom stereocenters. The van der Waals surface area contributed by atoms with Crippen LogP contribution in [0, 0.1) is 17.0 Å². The van der Waals surface area contributed by atoms with E-state index in [4.69, 9.17) is 0 Å². The number of aromatic nitrogens is 2. The number of sulfone groups is 1. The maximum absolute atomic E-state index is 12.7. The molecule has 10 heteroatoms. The molecule has 9 nitrogen and oxygen atoms in total. The molecule has 1 amide bonds. The molecule has 3 aromatic rings. The average Bonchev–Trinajstić information content (AvgIpc) is 3.17. The van der Waals surface area contributed by atoms with Gasteiger partial charge in [0.05, 0.1) is 4.90 Å². The second-order valence-electron chi connectivity index (χ2n) is 7.39. The number of amides is 1. The van der Waals surface area contributed by atoms with E-state index in [0.29, 0.717) is 18.7 Å². The lowest BCUT2D eigenvalue weighted by Gasteiger charge is -2.15. The molecule has 2 aromatic carbocycles. The van der Waals surface area contributed by atoms with E-state index >= 15 is 0 Å². The van der Waals surface area contributed by atoms with E-state index in [9.17, 15) is 23.3 Å². The normalized spacial score (nSPS) is 12.5. The van der Waals surface area contributed by atoms with Crippen LogP contribution in [0.1, 0.15) is 17.8 Å². The highest BCUT2D eigenvalue weighted by molar-refractivity contribution is 7.94. The van der Waals surface area contributed by atoms with Crippen molar-refractivity contribution >= 4 is 21.6 Å². The minimum atomic E-state index is -3.69. The zero-order valence-electron chi connectivity index (χ0n) is 18.0. The molecule has 33 heavy (non-hydrogen) atoms. The Morgan fingerprint density at radius 3 is 2.42 bits per heavy atom. The van der Waals surface area contributed by atoms with Crippen LogP contribution in [0.5, 0.6) is 0 Å². The van der Waals surface area contributed by atoms with E-state index < -0.39 is 26.7 Å². The maximum Gasteiger partial charge on any atom is 0.343 e. The molecule has 0 aliphatic carbocycles. The van der Waals surface area contributed by atoms with Crippen molar-refractivity contribution in [2.24, 2.45) is 0 Å². The van der Waals surface area contributed by atoms with Crippen LogP contribution in [0.25, 0.3) is 0 Å². The Labute approximate surface area is 191 Å². The summed E-state index contributed by atoms with van der Waals surface area (Å²) in [6.45, 7) is 1.27. The zero-order chi connectivity index (χ0) is 23.8. The van der Waals surface area contributed by atoms with Gasteiger partial charge in [-0.15, -0.1) is 0 Å². The van der Waals surface area contributed by atoms with Gasteiger partial charge in [-0.3, -0.25) is 4.79 Å². The van der Waals surface area contributed by atoms with E-state index in [1.807, 2.05) is 30.3 Å². The molecular formula is C23H24N4O5S. The molecule has 0 aliphatic rings. The zero-order valence-corrected chi connectivity index (χ0v) is 18.8. The van der Waals surface area contributed by atoms with Crippen LogP contribution in [0.3, 0.4) is 0 Å². The Bertz CT molecular complexity index is 1240. The molecule has 1 aromatic heterocycles. The summed E-state index contributed by atoms with van der Waals surface area (Å²) in [5, 5.41) is 15.0. The monoisotopic (exact) mass is 468 g/mol.